The fourth-order valence-electron chi connectivity index (χ4n) is 3.18. The van der Waals surface area contributed by atoms with Gasteiger partial charge in [0.2, 0.25) is 5.88 Å². The molecule has 30 heavy (non-hydrogen) atoms. The van der Waals surface area contributed by atoms with Crippen molar-refractivity contribution in [1.82, 2.24) is 29.5 Å². The van der Waals surface area contributed by atoms with E-state index in [1.165, 1.54) is 0 Å². The molecule has 1 saturated carbocycles. The minimum Gasteiger partial charge on any atom is -0.494 e. The lowest BCUT2D eigenvalue weighted by molar-refractivity contribution is 0.0944. The lowest BCUT2D eigenvalue weighted by Crippen LogP contribution is -2.35. The Morgan fingerprint density at radius 3 is 2.60 bits per heavy atom. The Bertz CT molecular complexity index is 1190. The quantitative estimate of drug-likeness (QED) is 0.586. The van der Waals surface area contributed by atoms with Crippen molar-refractivity contribution >= 4 is 23.2 Å². The van der Waals surface area contributed by atoms with Crippen molar-refractivity contribution in [2.45, 2.75) is 53.1 Å². The SMILES string of the molecule is Cc1nccnc1Nc1cc2n(CC(C)(C)C)c(O)c(C(=O)NC3CC3)c(=O)n2n1. The van der Waals surface area contributed by atoms with Gasteiger partial charge in [0.1, 0.15) is 5.65 Å². The fraction of sp³-hybridized carbons (Fsp3) is 0.450. The summed E-state index contributed by atoms with van der Waals surface area (Å²) >= 11 is 0. The number of aryl methyl sites for hydroxylation is 1. The number of hydrogen-bond acceptors (Lipinski definition) is 7. The van der Waals surface area contributed by atoms with Crippen molar-refractivity contribution < 1.29 is 9.90 Å². The molecule has 0 bridgehead atoms. The van der Waals surface area contributed by atoms with Gasteiger partial charge in [0.25, 0.3) is 11.5 Å². The molecule has 0 radical (unpaired) electrons. The van der Waals surface area contributed by atoms with Crippen LogP contribution in [0.3, 0.4) is 0 Å². The standard InChI is InChI=1S/C20H25N7O3/c1-11-16(22-8-7-21-11)24-13-9-14-26(10-20(2,3)4)18(29)15(19(30)27(14)25-13)17(28)23-12-5-6-12/h7-9,12,29H,5-6,10H2,1-4H3,(H,23,28)(H,22,24,25). The van der Waals surface area contributed by atoms with E-state index in [-0.39, 0.29) is 22.9 Å². The summed E-state index contributed by atoms with van der Waals surface area (Å²) in [5.74, 6) is -0.0776. The lowest BCUT2D eigenvalue weighted by Gasteiger charge is -2.23. The van der Waals surface area contributed by atoms with Gasteiger partial charge in [0.05, 0.1) is 5.69 Å². The first-order valence-electron chi connectivity index (χ1n) is 9.85. The topological polar surface area (TPSA) is 126 Å². The van der Waals surface area contributed by atoms with Crippen molar-refractivity contribution in [1.29, 1.82) is 0 Å². The van der Waals surface area contributed by atoms with E-state index in [0.717, 1.165) is 17.4 Å². The molecule has 0 saturated heterocycles. The fourth-order valence-corrected chi connectivity index (χ4v) is 3.18. The van der Waals surface area contributed by atoms with E-state index in [2.05, 4.69) is 25.7 Å². The number of nitrogens with one attached hydrogen (secondary N) is 2. The molecular formula is C20H25N7O3. The zero-order chi connectivity index (χ0) is 21.6. The molecule has 0 spiro atoms. The smallest absolute Gasteiger partial charge is 0.291 e. The number of rotatable bonds is 5. The highest BCUT2D eigenvalue weighted by Crippen LogP contribution is 2.27. The van der Waals surface area contributed by atoms with E-state index < -0.39 is 11.5 Å². The minimum absolute atomic E-state index is 0.0533. The normalized spacial score (nSPS) is 14.1. The highest BCUT2D eigenvalue weighted by Gasteiger charge is 2.30. The third-order valence-electron chi connectivity index (χ3n) is 4.75. The first-order valence-corrected chi connectivity index (χ1v) is 9.85. The van der Waals surface area contributed by atoms with Gasteiger partial charge >= 0.3 is 0 Å². The molecule has 10 nitrogen and oxygen atoms in total. The van der Waals surface area contributed by atoms with E-state index in [1.807, 2.05) is 20.8 Å². The second-order valence-electron chi connectivity index (χ2n) is 8.81. The molecule has 3 heterocycles. The van der Waals surface area contributed by atoms with Crippen LogP contribution in [0.4, 0.5) is 11.6 Å². The molecule has 0 atom stereocenters. The van der Waals surface area contributed by atoms with Crippen LogP contribution in [0.25, 0.3) is 5.65 Å². The summed E-state index contributed by atoms with van der Waals surface area (Å²) in [4.78, 5) is 34.1. The molecule has 3 aromatic heterocycles. The second kappa shape index (κ2) is 7.12. The minimum atomic E-state index is -0.672. The van der Waals surface area contributed by atoms with Crippen LogP contribution < -0.4 is 16.2 Å². The average Bonchev–Trinajstić information content (AvgIpc) is 3.36. The maximum Gasteiger partial charge on any atom is 0.291 e. The highest BCUT2D eigenvalue weighted by molar-refractivity contribution is 5.96. The van der Waals surface area contributed by atoms with Crippen LogP contribution in [-0.2, 0) is 6.54 Å². The van der Waals surface area contributed by atoms with Gasteiger partial charge in [-0.3, -0.25) is 19.1 Å². The number of hydrogen-bond donors (Lipinski definition) is 3. The zero-order valence-electron chi connectivity index (χ0n) is 17.4. The molecule has 4 rings (SSSR count). The molecule has 1 aliphatic carbocycles. The first-order chi connectivity index (χ1) is 14.1. The number of carbonyl (C=O) groups excluding carboxylic acids is 1. The van der Waals surface area contributed by atoms with Crippen molar-refractivity contribution in [3.05, 3.63) is 40.1 Å². The third kappa shape index (κ3) is 3.85. The van der Waals surface area contributed by atoms with Crippen molar-refractivity contribution in [3.8, 4) is 5.88 Å². The van der Waals surface area contributed by atoms with Gasteiger partial charge in [-0.15, -0.1) is 5.10 Å². The maximum atomic E-state index is 13.1. The van der Waals surface area contributed by atoms with Crippen LogP contribution in [-0.4, -0.2) is 41.2 Å². The summed E-state index contributed by atoms with van der Waals surface area (Å²) in [5.41, 5.74) is -0.152. The first kappa shape index (κ1) is 19.9. The van der Waals surface area contributed by atoms with Gasteiger partial charge < -0.3 is 15.7 Å². The Hall–Kier alpha value is -3.43. The number of carbonyl (C=O) groups is 1. The van der Waals surface area contributed by atoms with Crippen molar-refractivity contribution in [2.24, 2.45) is 5.41 Å². The van der Waals surface area contributed by atoms with E-state index in [0.29, 0.717) is 29.5 Å². The number of anilines is 2. The monoisotopic (exact) mass is 411 g/mol. The Morgan fingerprint density at radius 1 is 1.27 bits per heavy atom. The average molecular weight is 411 g/mol. The molecule has 10 heteroatoms. The molecule has 158 valence electrons. The zero-order valence-corrected chi connectivity index (χ0v) is 17.4. The molecule has 1 amide bonds. The number of fused-ring (bicyclic) bond motifs is 1. The van der Waals surface area contributed by atoms with E-state index >= 15 is 0 Å². The number of amides is 1. The Morgan fingerprint density at radius 2 is 1.97 bits per heavy atom. The van der Waals surface area contributed by atoms with Gasteiger partial charge in [-0.1, -0.05) is 20.8 Å². The van der Waals surface area contributed by atoms with E-state index in [4.69, 9.17) is 0 Å². The van der Waals surface area contributed by atoms with Crippen LogP contribution >= 0.6 is 0 Å². The Balaban J connectivity index is 1.86. The summed E-state index contributed by atoms with van der Waals surface area (Å²) in [7, 11) is 0. The number of aromatic nitrogens is 5. The van der Waals surface area contributed by atoms with Crippen molar-refractivity contribution in [2.75, 3.05) is 5.32 Å². The van der Waals surface area contributed by atoms with Crippen LogP contribution in [0.1, 0.15) is 49.7 Å². The maximum absolute atomic E-state index is 13.1. The molecule has 0 aliphatic heterocycles. The van der Waals surface area contributed by atoms with Crippen LogP contribution in [0.5, 0.6) is 5.88 Å². The molecule has 3 N–H and O–H groups in total. The van der Waals surface area contributed by atoms with Gasteiger partial charge in [-0.25, -0.2) is 4.98 Å². The van der Waals surface area contributed by atoms with E-state index in [1.54, 1.807) is 30.0 Å². The van der Waals surface area contributed by atoms with Crippen LogP contribution in [0.2, 0.25) is 0 Å². The Kier molecular flexibility index (Phi) is 4.71. The van der Waals surface area contributed by atoms with Gasteiger partial charge in [-0.05, 0) is 25.2 Å². The summed E-state index contributed by atoms with van der Waals surface area (Å²) in [6.45, 7) is 8.19. The molecular weight excluding hydrogens is 386 g/mol. The van der Waals surface area contributed by atoms with Crippen molar-refractivity contribution in [3.63, 3.8) is 0 Å². The molecule has 0 aromatic carbocycles. The lowest BCUT2D eigenvalue weighted by atomic mass is 9.96. The van der Waals surface area contributed by atoms with Gasteiger partial charge in [-0.2, -0.15) is 4.52 Å². The summed E-state index contributed by atoms with van der Waals surface area (Å²) < 4.78 is 2.69. The Labute approximate surface area is 173 Å². The predicted octanol–water partition coefficient (Wildman–Crippen LogP) is 1.98. The summed E-state index contributed by atoms with van der Waals surface area (Å²) in [6, 6.07) is 1.70. The summed E-state index contributed by atoms with van der Waals surface area (Å²) in [6.07, 6.45) is 4.88. The third-order valence-corrected chi connectivity index (χ3v) is 4.75. The van der Waals surface area contributed by atoms with Crippen LogP contribution in [0.15, 0.2) is 23.3 Å². The van der Waals surface area contributed by atoms with E-state index in [9.17, 15) is 14.7 Å². The summed E-state index contributed by atoms with van der Waals surface area (Å²) in [5, 5.41) is 21.1. The molecule has 3 aromatic rings. The largest absolute Gasteiger partial charge is 0.494 e. The highest BCUT2D eigenvalue weighted by atomic mass is 16.3. The number of aromatic hydroxyl groups is 1. The predicted molar refractivity (Wildman–Crippen MR) is 111 cm³/mol. The second-order valence-corrected chi connectivity index (χ2v) is 8.81. The molecule has 1 aliphatic rings. The van der Waals surface area contributed by atoms with Gasteiger partial charge in [0.15, 0.2) is 17.2 Å². The molecule has 0 unspecified atom stereocenters. The number of nitrogens with zero attached hydrogens (tertiary/aromatic N) is 5. The van der Waals surface area contributed by atoms with Crippen LogP contribution in [0, 0.1) is 12.3 Å². The van der Waals surface area contributed by atoms with Gasteiger partial charge in [0, 0.05) is 31.0 Å². The molecule has 1 fully saturated rings.